The number of piperazine rings is 1. The summed E-state index contributed by atoms with van der Waals surface area (Å²) in [6.45, 7) is 11.5. The van der Waals surface area contributed by atoms with Gasteiger partial charge in [-0.1, -0.05) is 75.4 Å². The molecular weight excluding hydrogens is 532 g/mol. The summed E-state index contributed by atoms with van der Waals surface area (Å²) in [6.07, 6.45) is 2.33. The van der Waals surface area contributed by atoms with Crippen LogP contribution in [0.1, 0.15) is 43.9 Å². The normalized spacial score (nSPS) is 13.7. The molecule has 0 bridgehead atoms. The lowest BCUT2D eigenvalue weighted by Gasteiger charge is -2.37. The molecule has 4 aromatic rings. The molecule has 0 unspecified atom stereocenters. The van der Waals surface area contributed by atoms with Gasteiger partial charge in [-0.3, -0.25) is 4.79 Å². The second kappa shape index (κ2) is 13.3. The highest BCUT2D eigenvalue weighted by Crippen LogP contribution is 2.31. The fourth-order valence-corrected chi connectivity index (χ4v) is 5.68. The lowest BCUT2D eigenvalue weighted by Crippen LogP contribution is -2.47. The Hall–Kier alpha value is -4.36. The third kappa shape index (κ3) is 7.93. The van der Waals surface area contributed by atoms with Crippen LogP contribution in [-0.4, -0.2) is 42.0 Å². The highest BCUT2D eigenvalue weighted by atomic mass is 16.2. The average molecular weight is 577 g/mol. The van der Waals surface area contributed by atoms with Crippen molar-refractivity contribution in [2.24, 2.45) is 11.1 Å². The number of rotatable bonds is 9. The van der Waals surface area contributed by atoms with Crippen LogP contribution in [0.15, 0.2) is 91.1 Å². The maximum absolute atomic E-state index is 13.5. The van der Waals surface area contributed by atoms with Gasteiger partial charge in [-0.25, -0.2) is 4.98 Å². The van der Waals surface area contributed by atoms with E-state index in [0.29, 0.717) is 26.1 Å². The molecule has 1 aliphatic heterocycles. The van der Waals surface area contributed by atoms with E-state index in [0.717, 1.165) is 71.2 Å². The molecule has 0 radical (unpaired) electrons. The quantitative estimate of drug-likeness (QED) is 0.235. The highest BCUT2D eigenvalue weighted by molar-refractivity contribution is 5.78. The van der Waals surface area contributed by atoms with E-state index in [1.54, 1.807) is 0 Å². The number of hydrogen-bond acceptors (Lipinski definition) is 6. The largest absolute Gasteiger partial charge is 0.397 e. The van der Waals surface area contributed by atoms with Gasteiger partial charge in [-0.15, -0.1) is 0 Å². The van der Waals surface area contributed by atoms with E-state index in [9.17, 15) is 4.79 Å². The molecule has 224 valence electrons. The van der Waals surface area contributed by atoms with Gasteiger partial charge in [0.05, 0.1) is 11.4 Å². The second-order valence-corrected chi connectivity index (χ2v) is 12.6. The number of carbonyl (C=O) groups excluding carboxylic acids is 1. The van der Waals surface area contributed by atoms with E-state index in [-0.39, 0.29) is 11.3 Å². The monoisotopic (exact) mass is 576 g/mol. The third-order valence-electron chi connectivity index (χ3n) is 7.89. The number of benzene rings is 3. The van der Waals surface area contributed by atoms with Crippen molar-refractivity contribution in [2.45, 2.75) is 46.8 Å². The summed E-state index contributed by atoms with van der Waals surface area (Å²) in [6, 6.07) is 29.0. The van der Waals surface area contributed by atoms with Gasteiger partial charge in [-0.2, -0.15) is 0 Å². The predicted molar refractivity (Wildman–Crippen MR) is 178 cm³/mol. The summed E-state index contributed by atoms with van der Waals surface area (Å²) < 4.78 is 0. The van der Waals surface area contributed by atoms with E-state index < -0.39 is 0 Å². The molecule has 1 fully saturated rings. The fraction of sp³-hybridized carbons (Fsp3) is 0.333. The molecule has 1 amide bonds. The summed E-state index contributed by atoms with van der Waals surface area (Å²) in [5.41, 5.74) is 19.7. The van der Waals surface area contributed by atoms with Gasteiger partial charge >= 0.3 is 0 Å². The van der Waals surface area contributed by atoms with Gasteiger partial charge in [0, 0.05) is 58.4 Å². The topological polar surface area (TPSA) is 91.7 Å². The molecule has 3 aromatic carbocycles. The average Bonchev–Trinajstić information content (AvgIpc) is 3.01. The number of anilines is 3. The Morgan fingerprint density at radius 3 is 2.09 bits per heavy atom. The van der Waals surface area contributed by atoms with Crippen LogP contribution in [0.2, 0.25) is 0 Å². The first-order valence-electron chi connectivity index (χ1n) is 15.1. The summed E-state index contributed by atoms with van der Waals surface area (Å²) >= 11 is 0. The Morgan fingerprint density at radius 2 is 1.44 bits per heavy atom. The van der Waals surface area contributed by atoms with Gasteiger partial charge in [0.1, 0.15) is 5.82 Å². The van der Waals surface area contributed by atoms with Crippen molar-refractivity contribution in [3.05, 3.63) is 108 Å². The molecule has 7 nitrogen and oxygen atoms in total. The number of carbonyl (C=O) groups is 1. The first-order valence-corrected chi connectivity index (χ1v) is 15.1. The molecule has 1 aliphatic rings. The van der Waals surface area contributed by atoms with E-state index in [2.05, 4.69) is 96.2 Å². The van der Waals surface area contributed by atoms with Crippen LogP contribution >= 0.6 is 0 Å². The van der Waals surface area contributed by atoms with Crippen molar-refractivity contribution in [1.29, 1.82) is 0 Å². The second-order valence-electron chi connectivity index (χ2n) is 12.6. The molecule has 5 rings (SSSR count). The lowest BCUT2D eigenvalue weighted by molar-refractivity contribution is -0.134. The van der Waals surface area contributed by atoms with E-state index >= 15 is 0 Å². The van der Waals surface area contributed by atoms with Crippen LogP contribution < -0.4 is 21.3 Å². The van der Waals surface area contributed by atoms with Gasteiger partial charge in [0.15, 0.2) is 0 Å². The minimum absolute atomic E-state index is 0.0966. The van der Waals surface area contributed by atoms with Crippen molar-refractivity contribution in [3.8, 4) is 11.1 Å². The number of hydrogen-bond donors (Lipinski definition) is 2. The van der Waals surface area contributed by atoms with Crippen molar-refractivity contribution < 1.29 is 4.79 Å². The minimum atomic E-state index is -0.0966. The molecule has 43 heavy (non-hydrogen) atoms. The zero-order chi connectivity index (χ0) is 30.4. The summed E-state index contributed by atoms with van der Waals surface area (Å²) in [5, 5.41) is 0. The van der Waals surface area contributed by atoms with E-state index in [1.807, 2.05) is 35.4 Å². The number of amides is 1. The fourth-order valence-electron chi connectivity index (χ4n) is 5.68. The zero-order valence-electron chi connectivity index (χ0n) is 25.7. The van der Waals surface area contributed by atoms with Gasteiger partial charge in [-0.05, 0) is 63.6 Å². The summed E-state index contributed by atoms with van der Waals surface area (Å²) in [7, 11) is 0. The van der Waals surface area contributed by atoms with Gasteiger partial charge < -0.3 is 26.2 Å². The molecule has 0 spiro atoms. The van der Waals surface area contributed by atoms with Crippen LogP contribution in [0.5, 0.6) is 0 Å². The smallest absolute Gasteiger partial charge is 0.223 e. The van der Waals surface area contributed by atoms with Crippen LogP contribution in [0.3, 0.4) is 0 Å². The van der Waals surface area contributed by atoms with Crippen molar-refractivity contribution >= 4 is 23.1 Å². The molecule has 0 saturated carbocycles. The first-order chi connectivity index (χ1) is 20.7. The Morgan fingerprint density at radius 1 is 0.791 bits per heavy atom. The maximum atomic E-state index is 13.5. The van der Waals surface area contributed by atoms with Crippen LogP contribution in [0.4, 0.5) is 17.2 Å². The number of aromatic nitrogens is 1. The Bertz CT molecular complexity index is 1520. The maximum Gasteiger partial charge on any atom is 0.223 e. The van der Waals surface area contributed by atoms with Crippen molar-refractivity contribution in [3.63, 3.8) is 0 Å². The standard InChI is InChI=1S/C36H44N6O/c1-36(2,3)23-35(43)42(25-28-9-6-8-27(20-28)24-37)26-29-10-7-11-30(21-29)31-13-14-33(32(38)22-31)40-16-18-41(19-17-40)34-12-4-5-15-39-34/h4-15,20-22H,16-19,23-26,37-38H2,1-3H3. The summed E-state index contributed by atoms with van der Waals surface area (Å²) in [4.78, 5) is 24.6. The number of nitrogen functional groups attached to an aromatic ring is 1. The zero-order valence-corrected chi connectivity index (χ0v) is 25.7. The molecule has 1 aromatic heterocycles. The Balaban J connectivity index is 1.30. The third-order valence-corrected chi connectivity index (χ3v) is 7.89. The number of nitrogens with two attached hydrogens (primary N) is 2. The predicted octanol–water partition coefficient (Wildman–Crippen LogP) is 6.08. The Kier molecular flexibility index (Phi) is 9.31. The van der Waals surface area contributed by atoms with E-state index in [4.69, 9.17) is 11.5 Å². The van der Waals surface area contributed by atoms with Crippen LogP contribution in [0.25, 0.3) is 11.1 Å². The SMILES string of the molecule is CC(C)(C)CC(=O)N(Cc1cccc(CN)c1)Cc1cccc(-c2ccc(N3CCN(c4ccccn4)CC3)c(N)c2)c1. The summed E-state index contributed by atoms with van der Waals surface area (Å²) in [5.74, 6) is 1.17. The van der Waals surface area contributed by atoms with Crippen LogP contribution in [-0.2, 0) is 24.4 Å². The molecule has 0 aliphatic carbocycles. The molecule has 2 heterocycles. The first kappa shape index (κ1) is 30.1. The molecule has 4 N–H and O–H groups in total. The lowest BCUT2D eigenvalue weighted by atomic mass is 9.91. The highest BCUT2D eigenvalue weighted by Gasteiger charge is 2.23. The molecule has 0 atom stereocenters. The minimum Gasteiger partial charge on any atom is -0.397 e. The number of nitrogens with zero attached hydrogens (tertiary/aromatic N) is 4. The van der Waals surface area contributed by atoms with Crippen molar-refractivity contribution in [1.82, 2.24) is 9.88 Å². The van der Waals surface area contributed by atoms with Gasteiger partial charge in [0.2, 0.25) is 5.91 Å². The van der Waals surface area contributed by atoms with Crippen molar-refractivity contribution in [2.75, 3.05) is 41.7 Å². The molecule has 1 saturated heterocycles. The van der Waals surface area contributed by atoms with Crippen LogP contribution in [0, 0.1) is 5.41 Å². The molecule has 7 heteroatoms. The molecular formula is C36H44N6O. The number of pyridine rings is 1. The van der Waals surface area contributed by atoms with E-state index in [1.165, 1.54) is 0 Å². The Labute approximate surface area is 256 Å². The van der Waals surface area contributed by atoms with Gasteiger partial charge in [0.25, 0.3) is 0 Å².